The zero-order valence-corrected chi connectivity index (χ0v) is 14.3. The van der Waals surface area contributed by atoms with Crippen molar-refractivity contribution in [2.45, 2.75) is 23.6 Å². The molecule has 0 saturated carbocycles. The minimum Gasteiger partial charge on any atom is -0.468 e. The molecule has 0 unspecified atom stereocenters. The van der Waals surface area contributed by atoms with Crippen LogP contribution in [0.15, 0.2) is 34.7 Å². The van der Waals surface area contributed by atoms with E-state index in [1.54, 1.807) is 0 Å². The second kappa shape index (κ2) is 6.34. The number of ether oxygens (including phenoxy) is 1. The number of carbonyl (C=O) groups is 1. The van der Waals surface area contributed by atoms with Crippen molar-refractivity contribution in [1.29, 1.82) is 0 Å². The molecule has 0 radical (unpaired) electrons. The fraction of sp³-hybridized carbons (Fsp3) is 0.286. The Morgan fingerprint density at radius 1 is 1.30 bits per heavy atom. The molecule has 2 aromatic rings. The predicted molar refractivity (Wildman–Crippen MR) is 83.9 cm³/mol. The van der Waals surface area contributed by atoms with Gasteiger partial charge in [-0.05, 0) is 38.1 Å². The van der Waals surface area contributed by atoms with Crippen molar-refractivity contribution in [2.75, 3.05) is 7.11 Å². The number of nitrogens with zero attached hydrogens (tertiary/aromatic N) is 1. The summed E-state index contributed by atoms with van der Waals surface area (Å²) in [6, 6.07) is 5.56. The van der Waals surface area contributed by atoms with Crippen molar-refractivity contribution >= 4 is 27.3 Å². The van der Waals surface area contributed by atoms with Crippen molar-refractivity contribution in [2.24, 2.45) is 0 Å². The molecule has 9 heteroatoms. The van der Waals surface area contributed by atoms with E-state index in [1.807, 2.05) is 0 Å². The fourth-order valence-electron chi connectivity index (χ4n) is 1.79. The third kappa shape index (κ3) is 3.92. The van der Waals surface area contributed by atoms with E-state index in [9.17, 15) is 17.6 Å². The minimum atomic E-state index is -3.94. The molecule has 1 heterocycles. The number of benzene rings is 1. The molecule has 0 bridgehead atoms. The number of methoxy groups -OCH3 is 1. The van der Waals surface area contributed by atoms with E-state index in [-0.39, 0.29) is 10.0 Å². The zero-order valence-electron chi connectivity index (χ0n) is 12.7. The number of sulfonamides is 1. The second-order valence-electron chi connectivity index (χ2n) is 5.21. The topological polar surface area (TPSA) is 85.4 Å². The van der Waals surface area contributed by atoms with Crippen LogP contribution in [0, 0.1) is 5.82 Å². The van der Waals surface area contributed by atoms with E-state index in [2.05, 4.69) is 14.4 Å². The van der Waals surface area contributed by atoms with Gasteiger partial charge in [0, 0.05) is 5.56 Å². The van der Waals surface area contributed by atoms with Crippen molar-refractivity contribution in [3.05, 3.63) is 36.3 Å². The van der Waals surface area contributed by atoms with Crippen LogP contribution >= 0.6 is 11.3 Å². The van der Waals surface area contributed by atoms with E-state index in [0.29, 0.717) is 10.6 Å². The van der Waals surface area contributed by atoms with Crippen LogP contribution < -0.4 is 4.72 Å². The quantitative estimate of drug-likeness (QED) is 0.828. The third-order valence-corrected chi connectivity index (χ3v) is 6.09. The van der Waals surface area contributed by atoms with Crippen LogP contribution in [0.4, 0.5) is 4.39 Å². The zero-order chi connectivity index (χ0) is 17.3. The molecule has 23 heavy (non-hydrogen) atoms. The molecule has 1 N–H and O–H groups in total. The minimum absolute atomic E-state index is 0.0474. The molecule has 0 amide bonds. The van der Waals surface area contributed by atoms with Gasteiger partial charge in [-0.3, -0.25) is 4.79 Å². The highest BCUT2D eigenvalue weighted by molar-refractivity contribution is 7.91. The molecule has 0 aliphatic carbocycles. The van der Waals surface area contributed by atoms with Gasteiger partial charge in [0.25, 0.3) is 10.0 Å². The van der Waals surface area contributed by atoms with Crippen molar-refractivity contribution in [3.63, 3.8) is 0 Å². The Labute approximate surface area is 137 Å². The summed E-state index contributed by atoms with van der Waals surface area (Å²) in [7, 11) is -2.76. The third-order valence-electron chi connectivity index (χ3n) is 2.93. The first-order chi connectivity index (χ1) is 10.7. The largest absolute Gasteiger partial charge is 0.468 e. The number of carbonyl (C=O) groups excluding carboxylic acids is 1. The molecule has 0 saturated heterocycles. The van der Waals surface area contributed by atoms with Crippen LogP contribution in [-0.4, -0.2) is 32.0 Å². The number of hydrogen-bond acceptors (Lipinski definition) is 6. The van der Waals surface area contributed by atoms with Gasteiger partial charge in [-0.2, -0.15) is 4.72 Å². The average molecular weight is 358 g/mol. The van der Waals surface area contributed by atoms with Gasteiger partial charge in [-0.15, -0.1) is 11.3 Å². The molecule has 2 rings (SSSR count). The number of nitrogens with one attached hydrogen (secondary N) is 1. The highest BCUT2D eigenvalue weighted by Crippen LogP contribution is 2.28. The van der Waals surface area contributed by atoms with Crippen molar-refractivity contribution in [1.82, 2.24) is 9.71 Å². The van der Waals surface area contributed by atoms with E-state index in [0.717, 1.165) is 11.3 Å². The lowest BCUT2D eigenvalue weighted by Crippen LogP contribution is -2.49. The van der Waals surface area contributed by atoms with Gasteiger partial charge in [-0.1, -0.05) is 0 Å². The Kier molecular flexibility index (Phi) is 4.83. The molecule has 0 aliphatic heterocycles. The van der Waals surface area contributed by atoms with Gasteiger partial charge in [-0.25, -0.2) is 17.8 Å². The van der Waals surface area contributed by atoms with Gasteiger partial charge < -0.3 is 4.74 Å². The van der Waals surface area contributed by atoms with Crippen LogP contribution in [0.2, 0.25) is 0 Å². The number of hydrogen-bond donors (Lipinski definition) is 1. The number of esters is 1. The van der Waals surface area contributed by atoms with Gasteiger partial charge >= 0.3 is 5.97 Å². The average Bonchev–Trinajstić information content (AvgIpc) is 2.96. The van der Waals surface area contributed by atoms with Crippen LogP contribution in [0.1, 0.15) is 13.8 Å². The second-order valence-corrected chi connectivity index (χ2v) is 8.15. The SMILES string of the molecule is COC(=O)C(C)(C)NS(=O)(=O)c1cnc(-c2ccc(F)cc2)s1. The lowest BCUT2D eigenvalue weighted by molar-refractivity contribution is -0.146. The Hall–Kier alpha value is -1.84. The molecular weight excluding hydrogens is 343 g/mol. The normalized spacial score (nSPS) is 12.2. The van der Waals surface area contributed by atoms with Crippen molar-refractivity contribution in [3.8, 4) is 10.6 Å². The summed E-state index contributed by atoms with van der Waals surface area (Å²) in [5.74, 6) is -1.09. The van der Waals surface area contributed by atoms with E-state index in [4.69, 9.17) is 0 Å². The van der Waals surface area contributed by atoms with Crippen molar-refractivity contribution < 1.29 is 22.3 Å². The molecule has 0 atom stereocenters. The number of thiazole rings is 1. The Balaban J connectivity index is 2.28. The molecule has 0 fully saturated rings. The first-order valence-corrected chi connectivity index (χ1v) is 8.80. The lowest BCUT2D eigenvalue weighted by atomic mass is 10.1. The molecule has 1 aromatic carbocycles. The van der Waals surface area contributed by atoms with Crippen LogP contribution in [0.25, 0.3) is 10.6 Å². The first-order valence-electron chi connectivity index (χ1n) is 6.50. The summed E-state index contributed by atoms with van der Waals surface area (Å²) in [4.78, 5) is 15.6. The maximum Gasteiger partial charge on any atom is 0.326 e. The van der Waals surface area contributed by atoms with Crippen LogP contribution in [0.3, 0.4) is 0 Å². The first kappa shape index (κ1) is 17.5. The van der Waals surface area contributed by atoms with Crippen LogP contribution in [0.5, 0.6) is 0 Å². The van der Waals surface area contributed by atoms with Gasteiger partial charge in [0.2, 0.25) is 0 Å². The Bertz CT molecular complexity index is 814. The summed E-state index contributed by atoms with van der Waals surface area (Å²) in [6.45, 7) is 2.80. The molecule has 0 aliphatic rings. The van der Waals surface area contributed by atoms with E-state index < -0.39 is 21.5 Å². The fourth-order valence-corrected chi connectivity index (χ4v) is 4.30. The van der Waals surface area contributed by atoms with Crippen LogP contribution in [-0.2, 0) is 19.6 Å². The molecule has 0 spiro atoms. The van der Waals surface area contributed by atoms with E-state index in [1.165, 1.54) is 51.4 Å². The van der Waals surface area contributed by atoms with Gasteiger partial charge in [0.15, 0.2) is 4.21 Å². The monoisotopic (exact) mass is 358 g/mol. The van der Waals surface area contributed by atoms with Gasteiger partial charge in [0.1, 0.15) is 16.4 Å². The standard InChI is InChI=1S/C14H15FN2O4S2/c1-14(2,13(18)21-3)17-23(19,20)11-8-16-12(22-11)9-4-6-10(15)7-5-9/h4-8,17H,1-3H3. The maximum absolute atomic E-state index is 12.9. The molecule has 1 aromatic heterocycles. The summed E-state index contributed by atoms with van der Waals surface area (Å²) >= 11 is 0.923. The molecule has 124 valence electrons. The Morgan fingerprint density at radius 3 is 2.48 bits per heavy atom. The maximum atomic E-state index is 12.9. The summed E-state index contributed by atoms with van der Waals surface area (Å²) in [6.07, 6.45) is 1.19. The lowest BCUT2D eigenvalue weighted by Gasteiger charge is -2.22. The summed E-state index contributed by atoms with van der Waals surface area (Å²) in [5, 5.41) is 0.432. The smallest absolute Gasteiger partial charge is 0.326 e. The Morgan fingerprint density at radius 2 is 1.91 bits per heavy atom. The highest BCUT2D eigenvalue weighted by Gasteiger charge is 2.35. The predicted octanol–water partition coefficient (Wildman–Crippen LogP) is 2.18. The number of halogens is 1. The van der Waals surface area contributed by atoms with Gasteiger partial charge in [0.05, 0.1) is 13.3 Å². The number of rotatable bonds is 5. The highest BCUT2D eigenvalue weighted by atomic mass is 32.2. The molecule has 6 nitrogen and oxygen atoms in total. The van der Waals surface area contributed by atoms with E-state index >= 15 is 0 Å². The number of aromatic nitrogens is 1. The summed E-state index contributed by atoms with van der Waals surface area (Å²) < 4.78 is 44.4. The molecular formula is C14H15FN2O4S2. The summed E-state index contributed by atoms with van der Waals surface area (Å²) in [5.41, 5.74) is -0.807.